The molecule has 0 aliphatic carbocycles. The van der Waals surface area contributed by atoms with Crippen molar-refractivity contribution >= 4 is 12.2 Å². The molecule has 1 N–H and O–H groups in total. The summed E-state index contributed by atoms with van der Waals surface area (Å²) < 4.78 is 13.0. The first kappa shape index (κ1) is 16.3. The van der Waals surface area contributed by atoms with Crippen molar-refractivity contribution in [3.8, 4) is 11.5 Å². The number of pyridine rings is 1. The van der Waals surface area contributed by atoms with Gasteiger partial charge < -0.3 is 18.8 Å². The summed E-state index contributed by atoms with van der Waals surface area (Å²) in [5, 5.41) is 9.58. The Hall–Kier alpha value is -2.08. The van der Waals surface area contributed by atoms with Crippen molar-refractivity contribution in [1.82, 2.24) is 4.57 Å². The van der Waals surface area contributed by atoms with Crippen LogP contribution in [0.5, 0.6) is 11.5 Å². The van der Waals surface area contributed by atoms with E-state index >= 15 is 0 Å². The molecule has 0 spiro atoms. The molecule has 0 aromatic carbocycles. The predicted octanol–water partition coefficient (Wildman–Crippen LogP) is 3.39. The molecule has 5 nitrogen and oxygen atoms in total. The van der Waals surface area contributed by atoms with Gasteiger partial charge in [0.25, 0.3) is 5.56 Å². The van der Waals surface area contributed by atoms with E-state index in [-0.39, 0.29) is 17.4 Å². The molecule has 0 bridgehead atoms. The number of aryl methyl sites for hydroxylation is 1. The van der Waals surface area contributed by atoms with Gasteiger partial charge in [-0.1, -0.05) is 12.2 Å². The highest BCUT2D eigenvalue weighted by atomic mass is 32.1. The molecule has 0 saturated carbocycles. The predicted molar refractivity (Wildman–Crippen MR) is 86.2 cm³/mol. The highest BCUT2D eigenvalue weighted by Gasteiger charge is 2.08. The van der Waals surface area contributed by atoms with Gasteiger partial charge in [-0.25, -0.2) is 0 Å². The Morgan fingerprint density at radius 1 is 1.45 bits per heavy atom. The van der Waals surface area contributed by atoms with Gasteiger partial charge in [-0.05, 0) is 39.0 Å². The van der Waals surface area contributed by atoms with Crippen LogP contribution in [0.2, 0.25) is 0 Å². The van der Waals surface area contributed by atoms with Gasteiger partial charge >= 0.3 is 0 Å². The van der Waals surface area contributed by atoms with E-state index in [1.54, 1.807) is 35.9 Å². The van der Waals surface area contributed by atoms with E-state index in [0.717, 1.165) is 0 Å². The third-order valence-corrected chi connectivity index (χ3v) is 3.56. The van der Waals surface area contributed by atoms with Gasteiger partial charge in [-0.2, -0.15) is 0 Å². The summed E-state index contributed by atoms with van der Waals surface area (Å²) in [6.45, 7) is 5.82. The fourth-order valence-electron chi connectivity index (χ4n) is 2.05. The molecule has 0 amide bonds. The van der Waals surface area contributed by atoms with Gasteiger partial charge in [0.2, 0.25) is 0 Å². The summed E-state index contributed by atoms with van der Waals surface area (Å²) >= 11 is 5.03. The number of hydrogen-bond donors (Lipinski definition) is 1. The zero-order chi connectivity index (χ0) is 16.3. The average molecular weight is 321 g/mol. The standard InChI is InChI=1S/C16H19NO4S/c1-10(2)17-7-4-5-13(16(17)19)20-8-6-12-9-14(22)15(18)11(3)21-12/h4-5,7,9-10,18H,6,8H2,1-3H3. The quantitative estimate of drug-likeness (QED) is 0.855. The summed E-state index contributed by atoms with van der Waals surface area (Å²) in [4.78, 5) is 12.2. The summed E-state index contributed by atoms with van der Waals surface area (Å²) in [6.07, 6.45) is 2.20. The molecule has 118 valence electrons. The summed E-state index contributed by atoms with van der Waals surface area (Å²) in [5.74, 6) is 1.29. The van der Waals surface area contributed by atoms with Crippen molar-refractivity contribution in [2.45, 2.75) is 33.2 Å². The molecule has 2 aromatic heterocycles. The minimum Gasteiger partial charge on any atom is -0.503 e. The summed E-state index contributed by atoms with van der Waals surface area (Å²) in [6, 6.07) is 5.11. The largest absolute Gasteiger partial charge is 0.503 e. The fraction of sp³-hybridized carbons (Fsp3) is 0.375. The summed E-state index contributed by atoms with van der Waals surface area (Å²) in [5.41, 5.74) is -0.153. The van der Waals surface area contributed by atoms with Gasteiger partial charge in [-0.3, -0.25) is 4.79 Å². The molecule has 2 rings (SSSR count). The van der Waals surface area contributed by atoms with Crippen LogP contribution in [0.25, 0.3) is 0 Å². The lowest BCUT2D eigenvalue weighted by molar-refractivity contribution is 0.296. The lowest BCUT2D eigenvalue weighted by Gasteiger charge is -2.12. The van der Waals surface area contributed by atoms with Crippen molar-refractivity contribution < 1.29 is 14.3 Å². The fourth-order valence-corrected chi connectivity index (χ4v) is 2.33. The van der Waals surface area contributed by atoms with Crippen LogP contribution >= 0.6 is 12.2 Å². The zero-order valence-corrected chi connectivity index (χ0v) is 13.6. The second-order valence-electron chi connectivity index (χ2n) is 5.26. The van der Waals surface area contributed by atoms with Crippen LogP contribution in [0, 0.1) is 11.4 Å². The van der Waals surface area contributed by atoms with Crippen LogP contribution in [0.3, 0.4) is 0 Å². The van der Waals surface area contributed by atoms with Crippen LogP contribution in [0.4, 0.5) is 0 Å². The van der Waals surface area contributed by atoms with Crippen molar-refractivity contribution in [2.75, 3.05) is 6.61 Å². The van der Waals surface area contributed by atoms with Crippen LogP contribution in [0.15, 0.2) is 33.6 Å². The molecule has 2 heterocycles. The maximum absolute atomic E-state index is 12.2. The number of hydrogen-bond acceptors (Lipinski definition) is 5. The topological polar surface area (TPSA) is 64.6 Å². The molecule has 0 unspecified atom stereocenters. The molecule has 2 aromatic rings. The lowest BCUT2D eigenvalue weighted by atomic mass is 10.3. The number of aromatic nitrogens is 1. The Morgan fingerprint density at radius 3 is 2.82 bits per heavy atom. The minimum absolute atomic E-state index is 0.0115. The van der Waals surface area contributed by atoms with E-state index in [0.29, 0.717) is 34.8 Å². The van der Waals surface area contributed by atoms with E-state index in [9.17, 15) is 9.90 Å². The van der Waals surface area contributed by atoms with E-state index in [2.05, 4.69) is 0 Å². The maximum Gasteiger partial charge on any atom is 0.293 e. The molecule has 22 heavy (non-hydrogen) atoms. The SMILES string of the molecule is Cc1oc(CCOc2cccn(C(C)C)c2=O)cc(=S)c1O. The Labute approximate surface area is 133 Å². The molecule has 0 fully saturated rings. The molecule has 6 heteroatoms. The van der Waals surface area contributed by atoms with E-state index in [1.165, 1.54) is 0 Å². The van der Waals surface area contributed by atoms with Crippen molar-refractivity contribution in [1.29, 1.82) is 0 Å². The van der Waals surface area contributed by atoms with E-state index in [1.807, 2.05) is 13.8 Å². The van der Waals surface area contributed by atoms with Gasteiger partial charge in [0, 0.05) is 18.7 Å². The Balaban J connectivity index is 2.08. The number of aromatic hydroxyl groups is 1. The smallest absolute Gasteiger partial charge is 0.293 e. The average Bonchev–Trinajstić information content (AvgIpc) is 2.46. The lowest BCUT2D eigenvalue weighted by Crippen LogP contribution is -2.23. The second kappa shape index (κ2) is 6.79. The van der Waals surface area contributed by atoms with Crippen LogP contribution in [-0.2, 0) is 6.42 Å². The molecule has 0 radical (unpaired) electrons. The van der Waals surface area contributed by atoms with Crippen LogP contribution < -0.4 is 10.3 Å². The van der Waals surface area contributed by atoms with E-state index < -0.39 is 0 Å². The minimum atomic E-state index is -0.153. The first-order valence-electron chi connectivity index (χ1n) is 7.06. The highest BCUT2D eigenvalue weighted by molar-refractivity contribution is 7.71. The zero-order valence-electron chi connectivity index (χ0n) is 12.8. The summed E-state index contributed by atoms with van der Waals surface area (Å²) in [7, 11) is 0. The molecule has 0 atom stereocenters. The highest BCUT2D eigenvalue weighted by Crippen LogP contribution is 2.20. The van der Waals surface area contributed by atoms with E-state index in [4.69, 9.17) is 21.4 Å². The first-order valence-corrected chi connectivity index (χ1v) is 7.47. The number of ether oxygens (including phenoxy) is 1. The van der Waals surface area contributed by atoms with Gasteiger partial charge in [0.1, 0.15) is 11.5 Å². The molecule has 0 aliphatic heterocycles. The molecule has 0 aliphatic rings. The molecular formula is C16H19NO4S. The van der Waals surface area contributed by atoms with Crippen LogP contribution in [0.1, 0.15) is 31.4 Å². The van der Waals surface area contributed by atoms with Gasteiger partial charge in [0.05, 0.1) is 11.1 Å². The number of rotatable bonds is 5. The van der Waals surface area contributed by atoms with Gasteiger partial charge in [-0.15, -0.1) is 0 Å². The van der Waals surface area contributed by atoms with Crippen molar-refractivity contribution in [2.24, 2.45) is 0 Å². The third kappa shape index (κ3) is 3.57. The maximum atomic E-state index is 12.2. The Bertz CT molecular complexity index is 776. The van der Waals surface area contributed by atoms with Crippen molar-refractivity contribution in [3.05, 3.63) is 50.8 Å². The first-order chi connectivity index (χ1) is 10.4. The van der Waals surface area contributed by atoms with Crippen LogP contribution in [-0.4, -0.2) is 16.3 Å². The van der Waals surface area contributed by atoms with Crippen molar-refractivity contribution in [3.63, 3.8) is 0 Å². The Morgan fingerprint density at radius 2 is 2.18 bits per heavy atom. The third-order valence-electron chi connectivity index (χ3n) is 3.25. The molecular weight excluding hydrogens is 302 g/mol. The molecule has 0 saturated heterocycles. The van der Waals surface area contributed by atoms with Gasteiger partial charge in [0.15, 0.2) is 11.5 Å². The second-order valence-corrected chi connectivity index (χ2v) is 5.70. The normalized spacial score (nSPS) is 10.9. The Kier molecular flexibility index (Phi) is 5.03. The monoisotopic (exact) mass is 321 g/mol. The number of nitrogens with zero attached hydrogens (tertiary/aromatic N) is 1.